The minimum Gasteiger partial charge on any atom is -0.476 e. The van der Waals surface area contributed by atoms with Crippen molar-refractivity contribution < 1.29 is 28.2 Å². The maximum atomic E-state index is 15.7. The summed E-state index contributed by atoms with van der Waals surface area (Å²) in [6.45, 7) is 6.02. The van der Waals surface area contributed by atoms with E-state index in [1.54, 1.807) is 0 Å². The summed E-state index contributed by atoms with van der Waals surface area (Å²) in [5, 5.41) is -2.57. The van der Waals surface area contributed by atoms with E-state index >= 15 is 4.39 Å². The summed E-state index contributed by atoms with van der Waals surface area (Å²) in [5.74, 6) is -3.91. The third-order valence-corrected chi connectivity index (χ3v) is 4.90. The quantitative estimate of drug-likeness (QED) is 0.310. The van der Waals surface area contributed by atoms with Crippen LogP contribution in [0.25, 0.3) is 0 Å². The number of anilines is 1. The average Bonchev–Trinajstić information content (AvgIpc) is 2.66. The van der Waals surface area contributed by atoms with Crippen LogP contribution in [0.4, 0.5) is 10.2 Å². The second-order valence-corrected chi connectivity index (χ2v) is 7.79. The predicted molar refractivity (Wildman–Crippen MR) is 113 cm³/mol. The van der Waals surface area contributed by atoms with Gasteiger partial charge >= 0.3 is 17.6 Å². The largest absolute Gasteiger partial charge is 0.476 e. The van der Waals surface area contributed by atoms with Crippen LogP contribution in [0.5, 0.6) is 0 Å². The van der Waals surface area contributed by atoms with Gasteiger partial charge in [-0.15, -0.1) is 11.6 Å². The minimum absolute atomic E-state index is 0.155. The number of rotatable bonds is 10. The Morgan fingerprint density at radius 3 is 2.23 bits per heavy atom. The molecule has 0 bridgehead atoms. The van der Waals surface area contributed by atoms with Gasteiger partial charge in [-0.1, -0.05) is 27.7 Å². The van der Waals surface area contributed by atoms with E-state index in [2.05, 4.69) is 4.98 Å². The van der Waals surface area contributed by atoms with Crippen LogP contribution in [-0.4, -0.2) is 67.3 Å². The number of hydrogen-bond donors (Lipinski definition) is 1. The van der Waals surface area contributed by atoms with Gasteiger partial charge in [0, 0.05) is 13.3 Å². The van der Waals surface area contributed by atoms with E-state index in [0.717, 1.165) is 19.4 Å². The summed E-state index contributed by atoms with van der Waals surface area (Å²) in [6, 6.07) is 1.15. The fourth-order valence-electron chi connectivity index (χ4n) is 2.50. The van der Waals surface area contributed by atoms with E-state index in [4.69, 9.17) is 47.2 Å². The van der Waals surface area contributed by atoms with Crippen LogP contribution < -0.4 is 11.4 Å². The van der Waals surface area contributed by atoms with E-state index < -0.39 is 58.7 Å². The van der Waals surface area contributed by atoms with Crippen LogP contribution in [0.2, 0.25) is 0 Å². The van der Waals surface area contributed by atoms with Gasteiger partial charge in [-0.2, -0.15) is 4.98 Å². The van der Waals surface area contributed by atoms with Gasteiger partial charge in [-0.05, 0) is 6.07 Å². The molecule has 0 saturated heterocycles. The Morgan fingerprint density at radius 1 is 1.26 bits per heavy atom. The Labute approximate surface area is 187 Å². The monoisotopic (exact) mass is 455 g/mol. The van der Waals surface area contributed by atoms with Crippen LogP contribution in [0, 0.1) is 11.8 Å². The summed E-state index contributed by atoms with van der Waals surface area (Å²) in [6.07, 6.45) is -3.47. The molecule has 3 atom stereocenters. The molecule has 0 aromatic carbocycles. The van der Waals surface area contributed by atoms with Crippen molar-refractivity contribution >= 4 is 45.0 Å². The molecule has 13 heteroatoms. The molecule has 1 rings (SSSR count). The molecule has 0 spiro atoms. The zero-order valence-electron chi connectivity index (χ0n) is 18.0. The van der Waals surface area contributed by atoms with Gasteiger partial charge in [0.25, 0.3) is 0 Å². The number of halogens is 2. The number of aromatic nitrogens is 2. The van der Waals surface area contributed by atoms with Crippen molar-refractivity contribution in [2.75, 3.05) is 18.7 Å². The molecule has 31 heavy (non-hydrogen) atoms. The third-order valence-electron chi connectivity index (χ3n) is 4.51. The molecule has 4 radical (unpaired) electrons. The lowest BCUT2D eigenvalue weighted by atomic mass is 9.54. The van der Waals surface area contributed by atoms with Crippen molar-refractivity contribution in [2.24, 2.45) is 11.8 Å². The summed E-state index contributed by atoms with van der Waals surface area (Å²) >= 11 is 6.07. The Morgan fingerprint density at radius 2 is 1.81 bits per heavy atom. The first-order valence-corrected chi connectivity index (χ1v) is 9.88. The summed E-state index contributed by atoms with van der Waals surface area (Å²) < 4.78 is 32.0. The van der Waals surface area contributed by atoms with Gasteiger partial charge in [-0.25, -0.2) is 9.18 Å². The molecule has 1 aromatic rings. The smallest absolute Gasteiger partial charge is 0.351 e. The first-order chi connectivity index (χ1) is 14.2. The molecule has 1 heterocycles. The summed E-state index contributed by atoms with van der Waals surface area (Å²) in [7, 11) is 13.1. The molecule has 0 amide bonds. The fourth-order valence-corrected chi connectivity index (χ4v) is 2.97. The highest BCUT2D eigenvalue weighted by molar-refractivity contribution is 6.41. The molecule has 9 nitrogen and oxygen atoms in total. The Kier molecular flexibility index (Phi) is 9.13. The number of nitrogens with zero attached hydrogens (tertiary/aromatic N) is 2. The minimum atomic E-state index is -2.57. The van der Waals surface area contributed by atoms with Gasteiger partial charge in [-0.3, -0.25) is 14.2 Å². The van der Waals surface area contributed by atoms with Crippen molar-refractivity contribution in [3.05, 3.63) is 22.7 Å². The number of esters is 2. The zero-order valence-corrected chi connectivity index (χ0v) is 18.8. The van der Waals surface area contributed by atoms with Gasteiger partial charge in [0.15, 0.2) is 6.10 Å². The third kappa shape index (κ3) is 5.79. The van der Waals surface area contributed by atoms with Crippen LogP contribution >= 0.6 is 11.6 Å². The molecule has 168 valence electrons. The standard InChI is InChI=1S/C18H25B2ClFN3O6/c1-9(2)14(26)30-12(13(22)25-7-6-11(23)24-16(25)28)17(8-21,29-5)18(19,20)31-15(27)10(3)4/h6-7,9-10,12-13H,8H2,1-5H3,(H2,23,24,28)/t12-,13-,17-/m0/s1. The maximum Gasteiger partial charge on any atom is 0.351 e. The lowest BCUT2D eigenvalue weighted by molar-refractivity contribution is -0.213. The zero-order chi connectivity index (χ0) is 24.1. The van der Waals surface area contributed by atoms with Crippen molar-refractivity contribution in [3.63, 3.8) is 0 Å². The molecule has 0 unspecified atom stereocenters. The number of hydrogen-bond acceptors (Lipinski definition) is 8. The van der Waals surface area contributed by atoms with Crippen molar-refractivity contribution in [1.82, 2.24) is 9.55 Å². The highest BCUT2D eigenvalue weighted by atomic mass is 35.5. The van der Waals surface area contributed by atoms with Crippen LogP contribution in [0.15, 0.2) is 17.1 Å². The van der Waals surface area contributed by atoms with Crippen molar-refractivity contribution in [3.8, 4) is 0 Å². The molecule has 0 aliphatic heterocycles. The average molecular weight is 455 g/mol. The molecule has 0 saturated carbocycles. The Hall–Kier alpha value is -2.07. The summed E-state index contributed by atoms with van der Waals surface area (Å²) in [4.78, 5) is 40.2. The number of carbonyl (C=O) groups is 2. The lowest BCUT2D eigenvalue weighted by Gasteiger charge is -2.49. The highest BCUT2D eigenvalue weighted by Gasteiger charge is 2.58. The first kappa shape index (κ1) is 27.0. The molecular weight excluding hydrogens is 430 g/mol. The van der Waals surface area contributed by atoms with E-state index in [0.29, 0.717) is 4.57 Å². The molecule has 1 aromatic heterocycles. The number of nitrogens with two attached hydrogens (primary N) is 1. The molecule has 0 aliphatic carbocycles. The molecule has 0 fully saturated rings. The van der Waals surface area contributed by atoms with Gasteiger partial charge < -0.3 is 19.9 Å². The lowest BCUT2D eigenvalue weighted by Crippen LogP contribution is -2.69. The second kappa shape index (κ2) is 10.5. The fraction of sp³-hybridized carbons (Fsp3) is 0.667. The number of alkyl halides is 2. The van der Waals surface area contributed by atoms with Crippen LogP contribution in [-0.2, 0) is 23.8 Å². The first-order valence-electron chi connectivity index (χ1n) is 9.35. The van der Waals surface area contributed by atoms with E-state index in [-0.39, 0.29) is 5.82 Å². The number of ether oxygens (including phenoxy) is 3. The Bertz CT molecular complexity index is 848. The summed E-state index contributed by atoms with van der Waals surface area (Å²) in [5.41, 5.74) is 2.04. The number of methoxy groups -OCH3 is 1. The van der Waals surface area contributed by atoms with E-state index in [1.807, 2.05) is 0 Å². The molecule has 0 aliphatic rings. The van der Waals surface area contributed by atoms with Crippen LogP contribution in [0.3, 0.4) is 0 Å². The van der Waals surface area contributed by atoms with Gasteiger partial charge in [0.2, 0.25) is 6.30 Å². The molecule has 2 N–H and O–H groups in total. The normalized spacial score (nSPS) is 15.9. The highest BCUT2D eigenvalue weighted by Crippen LogP contribution is 2.38. The van der Waals surface area contributed by atoms with Crippen molar-refractivity contribution in [1.29, 1.82) is 0 Å². The number of nitrogen functional groups attached to an aromatic ring is 1. The molecular formula is C18H25B2ClFN3O6. The van der Waals surface area contributed by atoms with Crippen LogP contribution in [0.1, 0.15) is 34.0 Å². The Balaban J connectivity index is 3.65. The van der Waals surface area contributed by atoms with Crippen molar-refractivity contribution in [2.45, 2.75) is 51.1 Å². The topological polar surface area (TPSA) is 123 Å². The van der Waals surface area contributed by atoms with Gasteiger partial charge in [0.1, 0.15) is 27.1 Å². The van der Waals surface area contributed by atoms with E-state index in [1.165, 1.54) is 27.7 Å². The SMILES string of the molecule is [B]C([B])(OC(=O)C(C)C)[C@@](CCl)(OC)[C@@H](OC(=O)C(C)C)[C@@H](F)n1ccc(N)nc1=O. The van der Waals surface area contributed by atoms with Gasteiger partial charge in [0.05, 0.1) is 23.1 Å². The second-order valence-electron chi connectivity index (χ2n) is 7.52. The maximum absolute atomic E-state index is 15.7. The number of carbonyl (C=O) groups excluding carboxylic acids is 2. The van der Waals surface area contributed by atoms with E-state index in [9.17, 15) is 14.4 Å². The predicted octanol–water partition coefficient (Wildman–Crippen LogP) is 0.675.